The van der Waals surface area contributed by atoms with Gasteiger partial charge in [0.1, 0.15) is 36.8 Å². The van der Waals surface area contributed by atoms with E-state index in [4.69, 9.17) is 14.2 Å². The molecule has 0 radical (unpaired) electrons. The number of hydrogen-bond donors (Lipinski definition) is 2. The fourth-order valence-electron chi connectivity index (χ4n) is 3.00. The van der Waals surface area contributed by atoms with E-state index in [9.17, 15) is 4.79 Å². The minimum atomic E-state index is -0.00670. The van der Waals surface area contributed by atoms with E-state index < -0.39 is 0 Å². The second kappa shape index (κ2) is 8.17. The number of carbonyl (C=O) groups is 1. The molecule has 0 saturated carbocycles. The zero-order valence-electron chi connectivity index (χ0n) is 14.3. The highest BCUT2D eigenvalue weighted by atomic mass is 16.5. The Kier molecular flexibility index (Phi) is 6.24. The molecular weight excluding hydrogens is 296 g/mol. The Balaban J connectivity index is 1.87. The molecule has 2 N–H and O–H groups in total. The third kappa shape index (κ3) is 5.11. The lowest BCUT2D eigenvalue weighted by atomic mass is 10.2. The standard InChI is InChI=1S/C17H26N2O4/c1-12-10-19(11-13(2)23-12)8-7-17(20)18-15-6-5-14(21-3)9-16(15)22-4/h5-6,9,12-13H,7-8,10-11H2,1-4H3,(H,18,20)/p+1/t12-,13-/m1/s1. The molecule has 128 valence electrons. The van der Waals surface area contributed by atoms with Crippen LogP contribution in [0.3, 0.4) is 0 Å². The molecule has 1 aliphatic rings. The van der Waals surface area contributed by atoms with Gasteiger partial charge in [-0.25, -0.2) is 0 Å². The van der Waals surface area contributed by atoms with Gasteiger partial charge in [-0.2, -0.15) is 0 Å². The highest BCUT2D eigenvalue weighted by molar-refractivity contribution is 5.92. The molecule has 0 spiro atoms. The smallest absolute Gasteiger partial charge is 0.230 e. The van der Waals surface area contributed by atoms with Crippen LogP contribution >= 0.6 is 0 Å². The van der Waals surface area contributed by atoms with Crippen LogP contribution in [0.5, 0.6) is 11.5 Å². The second-order valence-electron chi connectivity index (χ2n) is 6.03. The quantitative estimate of drug-likeness (QED) is 0.810. The average molecular weight is 323 g/mol. The molecule has 1 aromatic rings. The summed E-state index contributed by atoms with van der Waals surface area (Å²) in [5.74, 6) is 1.28. The summed E-state index contributed by atoms with van der Waals surface area (Å²) in [4.78, 5) is 13.6. The number of nitrogens with one attached hydrogen (secondary N) is 2. The topological polar surface area (TPSA) is 61.2 Å². The van der Waals surface area contributed by atoms with Crippen molar-refractivity contribution >= 4 is 11.6 Å². The number of morpholine rings is 1. The molecular formula is C17H27N2O4+. The van der Waals surface area contributed by atoms with E-state index in [0.717, 1.165) is 19.6 Å². The Labute approximate surface area is 137 Å². The van der Waals surface area contributed by atoms with E-state index >= 15 is 0 Å². The number of rotatable bonds is 6. The van der Waals surface area contributed by atoms with Crippen molar-refractivity contribution in [2.24, 2.45) is 0 Å². The first-order valence-corrected chi connectivity index (χ1v) is 8.02. The first-order valence-electron chi connectivity index (χ1n) is 8.02. The Hall–Kier alpha value is -1.79. The summed E-state index contributed by atoms with van der Waals surface area (Å²) >= 11 is 0. The van der Waals surface area contributed by atoms with Crippen molar-refractivity contribution in [1.29, 1.82) is 0 Å². The molecule has 6 heteroatoms. The maximum absolute atomic E-state index is 12.2. The Morgan fingerprint density at radius 3 is 2.57 bits per heavy atom. The summed E-state index contributed by atoms with van der Waals surface area (Å²) in [6.45, 7) is 6.87. The van der Waals surface area contributed by atoms with Crippen LogP contribution in [0, 0.1) is 0 Å². The van der Waals surface area contributed by atoms with E-state index in [1.807, 2.05) is 0 Å². The molecule has 2 atom stereocenters. The number of quaternary nitrogens is 1. The van der Waals surface area contributed by atoms with Crippen molar-refractivity contribution in [3.05, 3.63) is 18.2 Å². The fraction of sp³-hybridized carbons (Fsp3) is 0.588. The third-order valence-electron chi connectivity index (χ3n) is 4.01. The SMILES string of the molecule is COc1ccc(NC(=O)CC[NH+]2C[C@@H](C)O[C@H](C)C2)c(OC)c1. The van der Waals surface area contributed by atoms with E-state index in [1.165, 1.54) is 4.90 Å². The highest BCUT2D eigenvalue weighted by Gasteiger charge is 2.25. The number of carbonyl (C=O) groups excluding carboxylic acids is 1. The number of hydrogen-bond acceptors (Lipinski definition) is 4. The van der Waals surface area contributed by atoms with Crippen LogP contribution in [0.2, 0.25) is 0 Å². The lowest BCUT2D eigenvalue weighted by Crippen LogP contribution is -3.15. The van der Waals surface area contributed by atoms with Crippen LogP contribution in [-0.2, 0) is 9.53 Å². The molecule has 1 saturated heterocycles. The van der Waals surface area contributed by atoms with Gasteiger partial charge in [0, 0.05) is 6.07 Å². The molecule has 1 aromatic carbocycles. The molecule has 2 rings (SSSR count). The van der Waals surface area contributed by atoms with Gasteiger partial charge in [-0.1, -0.05) is 0 Å². The summed E-state index contributed by atoms with van der Waals surface area (Å²) in [6, 6.07) is 5.35. The Morgan fingerprint density at radius 1 is 1.26 bits per heavy atom. The van der Waals surface area contributed by atoms with E-state index in [0.29, 0.717) is 23.6 Å². The fourth-order valence-corrected chi connectivity index (χ4v) is 3.00. The lowest BCUT2D eigenvalue weighted by molar-refractivity contribution is -0.914. The van der Waals surface area contributed by atoms with Crippen LogP contribution in [0.15, 0.2) is 18.2 Å². The maximum atomic E-state index is 12.2. The van der Waals surface area contributed by atoms with E-state index in [1.54, 1.807) is 32.4 Å². The minimum absolute atomic E-state index is 0.00670. The average Bonchev–Trinajstić information content (AvgIpc) is 2.52. The van der Waals surface area contributed by atoms with Crippen molar-refractivity contribution in [1.82, 2.24) is 0 Å². The molecule has 0 unspecified atom stereocenters. The van der Waals surface area contributed by atoms with Crippen molar-refractivity contribution in [2.45, 2.75) is 32.5 Å². The maximum Gasteiger partial charge on any atom is 0.230 e. The largest absolute Gasteiger partial charge is 0.497 e. The molecule has 1 amide bonds. The third-order valence-corrected chi connectivity index (χ3v) is 4.01. The van der Waals surface area contributed by atoms with Crippen LogP contribution in [0.4, 0.5) is 5.69 Å². The minimum Gasteiger partial charge on any atom is -0.497 e. The summed E-state index contributed by atoms with van der Waals surface area (Å²) in [5.41, 5.74) is 0.664. The molecule has 0 aliphatic carbocycles. The first-order chi connectivity index (χ1) is 11.0. The number of benzene rings is 1. The van der Waals surface area contributed by atoms with Gasteiger partial charge >= 0.3 is 0 Å². The van der Waals surface area contributed by atoms with Crippen molar-refractivity contribution in [2.75, 3.05) is 39.2 Å². The molecule has 1 heterocycles. The number of amides is 1. The van der Waals surface area contributed by atoms with Crippen molar-refractivity contribution in [3.8, 4) is 11.5 Å². The van der Waals surface area contributed by atoms with Crippen LogP contribution in [-0.4, -0.2) is 52.0 Å². The summed E-state index contributed by atoms with van der Waals surface area (Å²) in [6.07, 6.45) is 0.973. The molecule has 0 bridgehead atoms. The number of anilines is 1. The zero-order chi connectivity index (χ0) is 16.8. The first kappa shape index (κ1) is 17.6. The molecule has 0 aromatic heterocycles. The molecule has 1 aliphatic heterocycles. The van der Waals surface area contributed by atoms with Gasteiger partial charge in [0.2, 0.25) is 5.91 Å². The predicted molar refractivity (Wildman–Crippen MR) is 88.4 cm³/mol. The van der Waals surface area contributed by atoms with Gasteiger partial charge in [0.25, 0.3) is 0 Å². The highest BCUT2D eigenvalue weighted by Crippen LogP contribution is 2.28. The van der Waals surface area contributed by atoms with Crippen molar-refractivity contribution < 1.29 is 23.9 Å². The van der Waals surface area contributed by atoms with Gasteiger partial charge in [0.05, 0.1) is 32.9 Å². The van der Waals surface area contributed by atoms with Crippen LogP contribution in [0.25, 0.3) is 0 Å². The van der Waals surface area contributed by atoms with Crippen molar-refractivity contribution in [3.63, 3.8) is 0 Å². The zero-order valence-corrected chi connectivity index (χ0v) is 14.3. The van der Waals surface area contributed by atoms with Gasteiger partial charge < -0.3 is 24.4 Å². The van der Waals surface area contributed by atoms with Gasteiger partial charge in [-0.05, 0) is 26.0 Å². The molecule has 6 nitrogen and oxygen atoms in total. The number of methoxy groups -OCH3 is 2. The van der Waals surface area contributed by atoms with Gasteiger partial charge in [-0.3, -0.25) is 4.79 Å². The Morgan fingerprint density at radius 2 is 1.96 bits per heavy atom. The summed E-state index contributed by atoms with van der Waals surface area (Å²) in [7, 11) is 3.17. The summed E-state index contributed by atoms with van der Waals surface area (Å²) < 4.78 is 16.2. The summed E-state index contributed by atoms with van der Waals surface area (Å²) in [5, 5.41) is 2.91. The van der Waals surface area contributed by atoms with Crippen LogP contribution < -0.4 is 19.7 Å². The monoisotopic (exact) mass is 323 g/mol. The molecule has 23 heavy (non-hydrogen) atoms. The van der Waals surface area contributed by atoms with E-state index in [2.05, 4.69) is 19.2 Å². The predicted octanol–water partition coefficient (Wildman–Crippen LogP) is 0.725. The van der Waals surface area contributed by atoms with Crippen LogP contribution in [0.1, 0.15) is 20.3 Å². The number of ether oxygens (including phenoxy) is 3. The lowest BCUT2D eigenvalue weighted by Gasteiger charge is -2.32. The second-order valence-corrected chi connectivity index (χ2v) is 6.03. The van der Waals surface area contributed by atoms with Gasteiger partial charge in [-0.15, -0.1) is 0 Å². The molecule has 1 fully saturated rings. The normalized spacial score (nSPS) is 24.1. The Bertz CT molecular complexity index is 525. The van der Waals surface area contributed by atoms with Gasteiger partial charge in [0.15, 0.2) is 0 Å². The van der Waals surface area contributed by atoms with E-state index in [-0.39, 0.29) is 18.1 Å².